The lowest BCUT2D eigenvalue weighted by atomic mass is 10.6. The number of carboxylic acid groups (broad SMARTS) is 1. The van der Waals surface area contributed by atoms with Gasteiger partial charge in [-0.3, -0.25) is 4.79 Å². The highest BCUT2D eigenvalue weighted by atomic mass is 32.2. The summed E-state index contributed by atoms with van der Waals surface area (Å²) in [7, 11) is 1.62. The summed E-state index contributed by atoms with van der Waals surface area (Å²) in [6, 6.07) is 0. The van der Waals surface area contributed by atoms with Crippen LogP contribution < -0.4 is 0 Å². The number of thioether (sulfide) groups is 1. The molecule has 0 aliphatic heterocycles. The summed E-state index contributed by atoms with van der Waals surface area (Å²) >= 11 is 1.15. The SMILES string of the molecule is COCCOCCn1c(C)nnc1SCC(=O)O. The molecule has 0 amide bonds. The predicted molar refractivity (Wildman–Crippen MR) is 65.8 cm³/mol. The third kappa shape index (κ3) is 5.03. The Morgan fingerprint density at radius 3 is 2.83 bits per heavy atom. The predicted octanol–water partition coefficient (Wildman–Crippen LogP) is 0.426. The molecule has 0 aromatic carbocycles. The molecule has 102 valence electrons. The fraction of sp³-hybridized carbons (Fsp3) is 0.700. The molecule has 18 heavy (non-hydrogen) atoms. The smallest absolute Gasteiger partial charge is 0.313 e. The van der Waals surface area contributed by atoms with Crippen molar-refractivity contribution in [1.82, 2.24) is 14.8 Å². The first-order chi connectivity index (χ1) is 8.65. The maximum atomic E-state index is 10.5. The Morgan fingerprint density at radius 1 is 1.39 bits per heavy atom. The molecule has 0 unspecified atom stereocenters. The molecule has 0 aliphatic carbocycles. The van der Waals surface area contributed by atoms with Crippen LogP contribution in [0.3, 0.4) is 0 Å². The van der Waals surface area contributed by atoms with Crippen LogP contribution in [-0.2, 0) is 20.8 Å². The molecule has 0 bridgehead atoms. The van der Waals surface area contributed by atoms with Crippen molar-refractivity contribution in [3.63, 3.8) is 0 Å². The molecule has 0 fully saturated rings. The van der Waals surface area contributed by atoms with E-state index < -0.39 is 5.97 Å². The second-order valence-corrected chi connectivity index (χ2v) is 4.41. The van der Waals surface area contributed by atoms with E-state index in [1.807, 2.05) is 11.5 Å². The van der Waals surface area contributed by atoms with Crippen LogP contribution in [0.4, 0.5) is 0 Å². The lowest BCUT2D eigenvalue weighted by molar-refractivity contribution is -0.133. The first-order valence-electron chi connectivity index (χ1n) is 5.46. The first-order valence-corrected chi connectivity index (χ1v) is 6.44. The summed E-state index contributed by atoms with van der Waals surface area (Å²) in [6.07, 6.45) is 0. The van der Waals surface area contributed by atoms with Crippen molar-refractivity contribution in [3.05, 3.63) is 5.82 Å². The molecular weight excluding hydrogens is 258 g/mol. The molecule has 8 heteroatoms. The summed E-state index contributed by atoms with van der Waals surface area (Å²) < 4.78 is 12.1. The standard InChI is InChI=1S/C10H17N3O4S/c1-8-11-12-10(18-7-9(14)15)13(8)3-4-17-6-5-16-2/h3-7H2,1-2H3,(H,14,15). The van der Waals surface area contributed by atoms with Gasteiger partial charge in [-0.2, -0.15) is 0 Å². The van der Waals surface area contributed by atoms with Crippen molar-refractivity contribution in [1.29, 1.82) is 0 Å². The lowest BCUT2D eigenvalue weighted by Gasteiger charge is -2.08. The van der Waals surface area contributed by atoms with Crippen molar-refractivity contribution >= 4 is 17.7 Å². The van der Waals surface area contributed by atoms with E-state index in [4.69, 9.17) is 14.6 Å². The van der Waals surface area contributed by atoms with E-state index in [2.05, 4.69) is 10.2 Å². The average molecular weight is 275 g/mol. The third-order valence-corrected chi connectivity index (χ3v) is 3.07. The van der Waals surface area contributed by atoms with Crippen LogP contribution in [0.1, 0.15) is 5.82 Å². The number of aromatic nitrogens is 3. The summed E-state index contributed by atoms with van der Waals surface area (Å²) in [5, 5.41) is 17.1. The second kappa shape index (κ2) is 8.06. The average Bonchev–Trinajstić information content (AvgIpc) is 2.68. The Morgan fingerprint density at radius 2 is 2.17 bits per heavy atom. The highest BCUT2D eigenvalue weighted by Gasteiger charge is 2.10. The molecule has 1 aromatic heterocycles. The van der Waals surface area contributed by atoms with Gasteiger partial charge in [0.15, 0.2) is 5.16 Å². The highest BCUT2D eigenvalue weighted by molar-refractivity contribution is 7.99. The molecule has 7 nitrogen and oxygen atoms in total. The molecule has 1 heterocycles. The number of rotatable bonds is 9. The van der Waals surface area contributed by atoms with Gasteiger partial charge in [0.1, 0.15) is 5.82 Å². The monoisotopic (exact) mass is 275 g/mol. The quantitative estimate of drug-likeness (QED) is 0.516. The van der Waals surface area contributed by atoms with Crippen molar-refractivity contribution in [2.75, 3.05) is 32.7 Å². The first kappa shape index (κ1) is 14.9. The van der Waals surface area contributed by atoms with Crippen molar-refractivity contribution in [3.8, 4) is 0 Å². The number of carboxylic acids is 1. The molecule has 1 rings (SSSR count). The van der Waals surface area contributed by atoms with Gasteiger partial charge in [0.2, 0.25) is 0 Å². The third-order valence-electron chi connectivity index (χ3n) is 2.12. The Kier molecular flexibility index (Phi) is 6.69. The van der Waals surface area contributed by atoms with Crippen molar-refractivity contribution in [2.45, 2.75) is 18.6 Å². The van der Waals surface area contributed by atoms with Gasteiger partial charge in [-0.1, -0.05) is 11.8 Å². The lowest BCUT2D eigenvalue weighted by Crippen LogP contribution is -2.11. The largest absolute Gasteiger partial charge is 0.481 e. The van der Waals surface area contributed by atoms with E-state index in [9.17, 15) is 4.79 Å². The maximum absolute atomic E-state index is 10.5. The molecule has 0 radical (unpaired) electrons. The van der Waals surface area contributed by atoms with E-state index in [0.29, 0.717) is 31.5 Å². The van der Waals surface area contributed by atoms with E-state index in [-0.39, 0.29) is 5.75 Å². The molecule has 0 saturated heterocycles. The van der Waals surface area contributed by atoms with Gasteiger partial charge in [-0.25, -0.2) is 0 Å². The van der Waals surface area contributed by atoms with Gasteiger partial charge in [0.25, 0.3) is 0 Å². The van der Waals surface area contributed by atoms with Crippen LogP contribution in [0.5, 0.6) is 0 Å². The van der Waals surface area contributed by atoms with Gasteiger partial charge in [0, 0.05) is 13.7 Å². The number of hydrogen-bond acceptors (Lipinski definition) is 6. The van der Waals surface area contributed by atoms with Crippen LogP contribution >= 0.6 is 11.8 Å². The number of hydrogen-bond donors (Lipinski definition) is 1. The number of ether oxygens (including phenoxy) is 2. The molecule has 0 saturated carbocycles. The molecule has 1 N–H and O–H groups in total. The Balaban J connectivity index is 2.42. The minimum absolute atomic E-state index is 0.0251. The molecular formula is C10H17N3O4S. The fourth-order valence-corrected chi connectivity index (χ4v) is 1.98. The number of methoxy groups -OCH3 is 1. The Bertz CT molecular complexity index is 383. The molecule has 1 aromatic rings. The summed E-state index contributed by atoms with van der Waals surface area (Å²) in [5.41, 5.74) is 0. The molecule has 0 spiro atoms. The number of aliphatic carboxylic acids is 1. The van der Waals surface area contributed by atoms with Gasteiger partial charge < -0.3 is 19.1 Å². The van der Waals surface area contributed by atoms with Gasteiger partial charge >= 0.3 is 5.97 Å². The zero-order valence-electron chi connectivity index (χ0n) is 10.5. The minimum atomic E-state index is -0.872. The van der Waals surface area contributed by atoms with Gasteiger partial charge in [0.05, 0.1) is 25.6 Å². The van der Waals surface area contributed by atoms with E-state index in [1.165, 1.54) is 0 Å². The summed E-state index contributed by atoms with van der Waals surface area (Å²) in [5.74, 6) is -0.148. The van der Waals surface area contributed by atoms with Crippen LogP contribution in [0, 0.1) is 6.92 Å². The van der Waals surface area contributed by atoms with Crippen molar-refractivity contribution in [2.24, 2.45) is 0 Å². The fourth-order valence-electron chi connectivity index (χ4n) is 1.25. The Hall–Kier alpha value is -1.12. The topological polar surface area (TPSA) is 86.5 Å². The van der Waals surface area contributed by atoms with E-state index >= 15 is 0 Å². The molecule has 0 aliphatic rings. The van der Waals surface area contributed by atoms with Crippen LogP contribution in [0.2, 0.25) is 0 Å². The number of aryl methyl sites for hydroxylation is 1. The summed E-state index contributed by atoms with van der Waals surface area (Å²) in [6.45, 7) is 4.04. The molecule has 0 atom stereocenters. The minimum Gasteiger partial charge on any atom is -0.481 e. The van der Waals surface area contributed by atoms with Crippen LogP contribution in [0.25, 0.3) is 0 Å². The Labute approximate surface area is 109 Å². The zero-order chi connectivity index (χ0) is 13.4. The van der Waals surface area contributed by atoms with Crippen molar-refractivity contribution < 1.29 is 19.4 Å². The van der Waals surface area contributed by atoms with E-state index in [0.717, 1.165) is 17.6 Å². The van der Waals surface area contributed by atoms with Gasteiger partial charge in [-0.15, -0.1) is 10.2 Å². The van der Waals surface area contributed by atoms with E-state index in [1.54, 1.807) is 7.11 Å². The van der Waals surface area contributed by atoms with Crippen LogP contribution in [-0.4, -0.2) is 58.5 Å². The second-order valence-electron chi connectivity index (χ2n) is 3.47. The zero-order valence-corrected chi connectivity index (χ0v) is 11.3. The normalized spacial score (nSPS) is 10.8. The maximum Gasteiger partial charge on any atom is 0.313 e. The number of nitrogens with zero attached hydrogens (tertiary/aromatic N) is 3. The van der Waals surface area contributed by atoms with Gasteiger partial charge in [-0.05, 0) is 6.92 Å². The number of carbonyl (C=O) groups is 1. The summed E-state index contributed by atoms with van der Waals surface area (Å²) in [4.78, 5) is 10.5. The highest BCUT2D eigenvalue weighted by Crippen LogP contribution is 2.16. The van der Waals surface area contributed by atoms with Crippen LogP contribution in [0.15, 0.2) is 5.16 Å².